The molecule has 3 nitrogen and oxygen atoms in total. The molecule has 0 unspecified atom stereocenters. The summed E-state index contributed by atoms with van der Waals surface area (Å²) in [5, 5.41) is 1.60. The van der Waals surface area contributed by atoms with Gasteiger partial charge in [-0.2, -0.15) is 4.98 Å². The SMILES string of the molecule is O=c1nc2c(Cl)cc(Cl)cc2c(-c2ccccc2)[nH]1. The van der Waals surface area contributed by atoms with Gasteiger partial charge in [0.05, 0.1) is 16.2 Å². The van der Waals surface area contributed by atoms with E-state index >= 15 is 0 Å². The van der Waals surface area contributed by atoms with Gasteiger partial charge in [0.25, 0.3) is 0 Å². The number of halogens is 2. The van der Waals surface area contributed by atoms with Crippen molar-refractivity contribution in [3.63, 3.8) is 0 Å². The van der Waals surface area contributed by atoms with Crippen molar-refractivity contribution in [2.24, 2.45) is 0 Å². The average molecular weight is 291 g/mol. The number of rotatable bonds is 1. The molecule has 1 aromatic heterocycles. The third-order valence-electron chi connectivity index (χ3n) is 2.81. The normalized spacial score (nSPS) is 10.8. The second-order valence-corrected chi connectivity index (χ2v) is 4.91. The predicted molar refractivity (Wildman–Crippen MR) is 77.8 cm³/mol. The van der Waals surface area contributed by atoms with Crippen molar-refractivity contribution in [2.75, 3.05) is 0 Å². The number of benzene rings is 2. The van der Waals surface area contributed by atoms with E-state index in [1.54, 1.807) is 12.1 Å². The zero-order valence-corrected chi connectivity index (χ0v) is 11.2. The Balaban J connectivity index is 2.45. The zero-order valence-electron chi connectivity index (χ0n) is 9.65. The van der Waals surface area contributed by atoms with Crippen molar-refractivity contribution in [3.8, 4) is 11.3 Å². The summed E-state index contributed by atoms with van der Waals surface area (Å²) in [5.41, 5.74) is 1.56. The minimum atomic E-state index is -0.435. The monoisotopic (exact) mass is 290 g/mol. The lowest BCUT2D eigenvalue weighted by atomic mass is 10.1. The minimum Gasteiger partial charge on any atom is -0.305 e. The summed E-state index contributed by atoms with van der Waals surface area (Å²) in [4.78, 5) is 18.3. The second-order valence-electron chi connectivity index (χ2n) is 4.07. The third kappa shape index (κ3) is 2.23. The van der Waals surface area contributed by atoms with Crippen LogP contribution in [-0.2, 0) is 0 Å². The molecule has 1 heterocycles. The number of hydrogen-bond acceptors (Lipinski definition) is 2. The Morgan fingerprint density at radius 2 is 1.79 bits per heavy atom. The molecule has 0 aliphatic carbocycles. The van der Waals surface area contributed by atoms with Crippen molar-refractivity contribution in [1.29, 1.82) is 0 Å². The Kier molecular flexibility index (Phi) is 3.01. The molecule has 19 heavy (non-hydrogen) atoms. The van der Waals surface area contributed by atoms with Gasteiger partial charge in [0.2, 0.25) is 0 Å². The van der Waals surface area contributed by atoms with Crippen LogP contribution in [0.15, 0.2) is 47.3 Å². The highest BCUT2D eigenvalue weighted by atomic mass is 35.5. The van der Waals surface area contributed by atoms with E-state index in [4.69, 9.17) is 23.2 Å². The standard InChI is InChI=1S/C14H8Cl2N2O/c15-9-6-10-12(8-4-2-1-3-5-8)17-14(19)18-13(10)11(16)7-9/h1-7H,(H,17,18,19). The fourth-order valence-corrected chi connectivity index (χ4v) is 2.54. The van der Waals surface area contributed by atoms with Crippen LogP contribution in [0.3, 0.4) is 0 Å². The van der Waals surface area contributed by atoms with Gasteiger partial charge in [-0.05, 0) is 17.7 Å². The van der Waals surface area contributed by atoms with Crippen LogP contribution in [0.1, 0.15) is 0 Å². The largest absolute Gasteiger partial charge is 0.346 e. The number of H-pyrrole nitrogens is 1. The Hall–Kier alpha value is -1.84. The van der Waals surface area contributed by atoms with E-state index in [1.165, 1.54) is 0 Å². The van der Waals surface area contributed by atoms with Gasteiger partial charge >= 0.3 is 5.69 Å². The molecule has 3 rings (SSSR count). The van der Waals surface area contributed by atoms with Crippen LogP contribution in [0.25, 0.3) is 22.2 Å². The molecular formula is C14H8Cl2N2O. The fourth-order valence-electron chi connectivity index (χ4n) is 2.01. The highest BCUT2D eigenvalue weighted by Gasteiger charge is 2.10. The molecule has 0 atom stereocenters. The van der Waals surface area contributed by atoms with E-state index in [0.717, 1.165) is 10.9 Å². The van der Waals surface area contributed by atoms with Gasteiger partial charge in [0.1, 0.15) is 0 Å². The number of fused-ring (bicyclic) bond motifs is 1. The maximum atomic E-state index is 11.7. The van der Waals surface area contributed by atoms with Gasteiger partial charge in [-0.1, -0.05) is 53.5 Å². The summed E-state index contributed by atoms with van der Waals surface area (Å²) in [5.74, 6) is 0. The fraction of sp³-hybridized carbons (Fsp3) is 0. The molecule has 0 amide bonds. The molecule has 0 bridgehead atoms. The van der Waals surface area contributed by atoms with Crippen LogP contribution < -0.4 is 5.69 Å². The number of hydrogen-bond donors (Lipinski definition) is 1. The van der Waals surface area contributed by atoms with E-state index in [0.29, 0.717) is 21.3 Å². The zero-order chi connectivity index (χ0) is 13.4. The number of nitrogens with zero attached hydrogens (tertiary/aromatic N) is 1. The predicted octanol–water partition coefficient (Wildman–Crippen LogP) is 3.90. The highest BCUT2D eigenvalue weighted by molar-refractivity contribution is 6.38. The van der Waals surface area contributed by atoms with E-state index in [-0.39, 0.29) is 0 Å². The lowest BCUT2D eigenvalue weighted by Crippen LogP contribution is -2.11. The Morgan fingerprint density at radius 3 is 2.53 bits per heavy atom. The van der Waals surface area contributed by atoms with Crippen molar-refractivity contribution < 1.29 is 0 Å². The maximum Gasteiger partial charge on any atom is 0.346 e. The lowest BCUT2D eigenvalue weighted by Gasteiger charge is -2.07. The first-order valence-electron chi connectivity index (χ1n) is 5.59. The number of nitrogens with one attached hydrogen (secondary N) is 1. The van der Waals surface area contributed by atoms with Crippen LogP contribution in [-0.4, -0.2) is 9.97 Å². The van der Waals surface area contributed by atoms with Gasteiger partial charge in [-0.15, -0.1) is 0 Å². The summed E-state index contributed by atoms with van der Waals surface area (Å²) in [7, 11) is 0. The van der Waals surface area contributed by atoms with Gasteiger partial charge < -0.3 is 4.98 Å². The van der Waals surface area contributed by atoms with Gasteiger partial charge in [0, 0.05) is 10.4 Å². The lowest BCUT2D eigenvalue weighted by molar-refractivity contribution is 1.12. The molecule has 0 radical (unpaired) electrons. The molecule has 0 fully saturated rings. The van der Waals surface area contributed by atoms with Crippen LogP contribution in [0, 0.1) is 0 Å². The Labute approximate surface area is 118 Å². The van der Waals surface area contributed by atoms with Crippen LogP contribution in [0.2, 0.25) is 10.0 Å². The molecule has 1 N–H and O–H groups in total. The maximum absolute atomic E-state index is 11.7. The minimum absolute atomic E-state index is 0.366. The second kappa shape index (κ2) is 4.68. The van der Waals surface area contributed by atoms with Crippen molar-refractivity contribution in [3.05, 3.63) is 63.0 Å². The Bertz CT molecular complexity index is 813. The van der Waals surface area contributed by atoms with Gasteiger partial charge in [0.15, 0.2) is 0 Å². The van der Waals surface area contributed by atoms with Gasteiger partial charge in [-0.3, -0.25) is 0 Å². The molecule has 0 aliphatic heterocycles. The molecule has 0 spiro atoms. The summed E-state index contributed by atoms with van der Waals surface area (Å²) < 4.78 is 0. The van der Waals surface area contributed by atoms with E-state index in [9.17, 15) is 4.79 Å². The summed E-state index contributed by atoms with van der Waals surface area (Å²) >= 11 is 12.1. The first-order valence-corrected chi connectivity index (χ1v) is 6.35. The number of aromatic amines is 1. The first-order chi connectivity index (χ1) is 9.15. The van der Waals surface area contributed by atoms with E-state index in [2.05, 4.69) is 9.97 Å². The Morgan fingerprint density at radius 1 is 1.05 bits per heavy atom. The van der Waals surface area contributed by atoms with Crippen LogP contribution in [0.4, 0.5) is 0 Å². The molecule has 0 saturated heterocycles. The molecule has 0 aliphatic rings. The quantitative estimate of drug-likeness (QED) is 0.739. The van der Waals surface area contributed by atoms with Gasteiger partial charge in [-0.25, -0.2) is 4.79 Å². The molecular weight excluding hydrogens is 283 g/mol. The summed E-state index contributed by atoms with van der Waals surface area (Å²) in [6, 6.07) is 12.8. The number of aromatic nitrogens is 2. The summed E-state index contributed by atoms with van der Waals surface area (Å²) in [6.45, 7) is 0. The van der Waals surface area contributed by atoms with E-state index in [1.807, 2.05) is 30.3 Å². The topological polar surface area (TPSA) is 45.8 Å². The van der Waals surface area contributed by atoms with Crippen LogP contribution >= 0.6 is 23.2 Å². The smallest absolute Gasteiger partial charge is 0.305 e. The van der Waals surface area contributed by atoms with Crippen molar-refractivity contribution in [1.82, 2.24) is 9.97 Å². The van der Waals surface area contributed by atoms with Crippen molar-refractivity contribution >= 4 is 34.1 Å². The molecule has 5 heteroatoms. The molecule has 0 saturated carbocycles. The molecule has 3 aromatic rings. The third-order valence-corrected chi connectivity index (χ3v) is 3.31. The molecule has 94 valence electrons. The average Bonchev–Trinajstić information content (AvgIpc) is 2.40. The first kappa shape index (κ1) is 12.2. The highest BCUT2D eigenvalue weighted by Crippen LogP contribution is 2.31. The van der Waals surface area contributed by atoms with Crippen LogP contribution in [0.5, 0.6) is 0 Å². The molecule has 2 aromatic carbocycles. The summed E-state index contributed by atoms with van der Waals surface area (Å²) in [6.07, 6.45) is 0. The van der Waals surface area contributed by atoms with Crippen molar-refractivity contribution in [2.45, 2.75) is 0 Å². The van der Waals surface area contributed by atoms with E-state index < -0.39 is 5.69 Å².